The molecule has 0 N–H and O–H groups in total. The topological polar surface area (TPSA) is 82.3 Å². The summed E-state index contributed by atoms with van der Waals surface area (Å²) in [6.45, 7) is 11.3. The van der Waals surface area contributed by atoms with Crippen LogP contribution >= 0.6 is 11.8 Å². The Kier molecular flexibility index (Phi) is 4.78. The van der Waals surface area contributed by atoms with Crippen molar-refractivity contribution >= 4 is 28.7 Å². The molecular weight excluding hydrogens is 378 g/mol. The highest BCUT2D eigenvalue weighted by Crippen LogP contribution is 2.34. The van der Waals surface area contributed by atoms with Gasteiger partial charge in [-0.1, -0.05) is 11.8 Å². The minimum atomic E-state index is -0.261. The Bertz CT molecular complexity index is 966. The van der Waals surface area contributed by atoms with Gasteiger partial charge in [-0.05, 0) is 34.6 Å². The largest absolute Gasteiger partial charge is 0.372 e. The quantitative estimate of drug-likeness (QED) is 0.711. The number of thioether (sulfide) groups is 1. The first-order valence-electron chi connectivity index (χ1n) is 9.72. The van der Waals surface area contributed by atoms with Gasteiger partial charge in [-0.25, -0.2) is 9.67 Å². The van der Waals surface area contributed by atoms with Crippen molar-refractivity contribution in [1.29, 1.82) is 0 Å². The van der Waals surface area contributed by atoms with E-state index in [4.69, 9.17) is 9.72 Å². The molecule has 28 heavy (non-hydrogen) atoms. The summed E-state index contributed by atoms with van der Waals surface area (Å²) in [6, 6.07) is -0.177. The number of nitrogens with zero attached hydrogens (tertiary/aromatic N) is 5. The van der Waals surface area contributed by atoms with E-state index in [0.29, 0.717) is 41.5 Å². The van der Waals surface area contributed by atoms with Gasteiger partial charge in [-0.3, -0.25) is 14.2 Å². The number of carbonyl (C=O) groups excluding carboxylic acids is 1. The molecule has 1 fully saturated rings. The molecule has 4 rings (SSSR count). The Morgan fingerprint density at radius 2 is 1.96 bits per heavy atom. The fourth-order valence-corrected chi connectivity index (χ4v) is 5.11. The van der Waals surface area contributed by atoms with Crippen LogP contribution in [0.5, 0.6) is 0 Å². The van der Waals surface area contributed by atoms with E-state index >= 15 is 0 Å². The Hall–Kier alpha value is -1.87. The van der Waals surface area contributed by atoms with E-state index in [9.17, 15) is 9.59 Å². The van der Waals surface area contributed by atoms with Crippen LogP contribution in [0.3, 0.4) is 0 Å². The van der Waals surface area contributed by atoms with Crippen molar-refractivity contribution in [3.63, 3.8) is 0 Å². The van der Waals surface area contributed by atoms with Gasteiger partial charge >= 0.3 is 0 Å². The maximum atomic E-state index is 13.1. The Balaban J connectivity index is 1.63. The lowest BCUT2D eigenvalue weighted by Crippen LogP contribution is -2.48. The first kappa shape index (κ1) is 19.4. The van der Waals surface area contributed by atoms with Crippen LogP contribution in [-0.4, -0.2) is 61.2 Å². The summed E-state index contributed by atoms with van der Waals surface area (Å²) in [4.78, 5) is 32.6. The van der Waals surface area contributed by atoms with Crippen LogP contribution in [0.4, 0.5) is 0 Å². The van der Waals surface area contributed by atoms with E-state index in [2.05, 4.69) is 5.10 Å². The zero-order valence-corrected chi connectivity index (χ0v) is 17.8. The lowest BCUT2D eigenvalue weighted by Gasteiger charge is -2.35. The molecule has 0 saturated carbocycles. The van der Waals surface area contributed by atoms with Crippen LogP contribution in [0, 0.1) is 0 Å². The first-order chi connectivity index (χ1) is 13.1. The molecule has 3 atom stereocenters. The molecule has 1 amide bonds. The molecule has 0 bridgehead atoms. The van der Waals surface area contributed by atoms with Crippen molar-refractivity contribution in [2.24, 2.45) is 0 Å². The molecule has 2 aliphatic rings. The SMILES string of the molecule is CC1CN(C(=O)CC2CSc3nc4c(cnn4C(C)(C)C)c(=O)n32)CC(C)O1. The summed E-state index contributed by atoms with van der Waals surface area (Å²) in [5.74, 6) is 0.747. The summed E-state index contributed by atoms with van der Waals surface area (Å²) < 4.78 is 9.20. The highest BCUT2D eigenvalue weighted by molar-refractivity contribution is 7.99. The highest BCUT2D eigenvalue weighted by atomic mass is 32.2. The van der Waals surface area contributed by atoms with Crippen LogP contribution in [0.2, 0.25) is 0 Å². The van der Waals surface area contributed by atoms with E-state index in [1.807, 2.05) is 39.5 Å². The lowest BCUT2D eigenvalue weighted by molar-refractivity contribution is -0.143. The van der Waals surface area contributed by atoms with E-state index in [1.54, 1.807) is 15.4 Å². The monoisotopic (exact) mass is 405 g/mol. The second-order valence-electron chi connectivity index (χ2n) is 8.76. The van der Waals surface area contributed by atoms with Gasteiger partial charge in [0, 0.05) is 25.3 Å². The summed E-state index contributed by atoms with van der Waals surface area (Å²) in [6.07, 6.45) is 1.96. The molecule has 4 heterocycles. The maximum absolute atomic E-state index is 13.1. The van der Waals surface area contributed by atoms with Crippen molar-refractivity contribution in [1.82, 2.24) is 24.2 Å². The van der Waals surface area contributed by atoms with Gasteiger partial charge in [0.15, 0.2) is 10.8 Å². The molecule has 1 saturated heterocycles. The van der Waals surface area contributed by atoms with E-state index in [0.717, 1.165) is 0 Å². The number of carbonyl (C=O) groups is 1. The fourth-order valence-electron chi connectivity index (χ4n) is 3.98. The lowest BCUT2D eigenvalue weighted by atomic mass is 10.1. The maximum Gasteiger partial charge on any atom is 0.265 e. The van der Waals surface area contributed by atoms with Gasteiger partial charge in [0.05, 0.1) is 30.0 Å². The van der Waals surface area contributed by atoms with E-state index < -0.39 is 0 Å². The van der Waals surface area contributed by atoms with Crippen LogP contribution in [0.25, 0.3) is 11.0 Å². The van der Waals surface area contributed by atoms with Crippen LogP contribution in [0.1, 0.15) is 47.1 Å². The van der Waals surface area contributed by atoms with Crippen LogP contribution < -0.4 is 5.56 Å². The predicted octanol–water partition coefficient (Wildman–Crippen LogP) is 2.02. The van der Waals surface area contributed by atoms with Gasteiger partial charge in [0.2, 0.25) is 5.91 Å². The third kappa shape index (κ3) is 3.34. The number of ether oxygens (including phenoxy) is 1. The zero-order chi connectivity index (χ0) is 20.2. The number of amides is 1. The molecular formula is C19H27N5O3S. The number of rotatable bonds is 2. The van der Waals surface area contributed by atoms with Crippen molar-refractivity contribution in [2.75, 3.05) is 18.8 Å². The number of hydrogen-bond acceptors (Lipinski definition) is 6. The smallest absolute Gasteiger partial charge is 0.265 e. The minimum absolute atomic E-state index is 0.0326. The van der Waals surface area contributed by atoms with Gasteiger partial charge < -0.3 is 9.64 Å². The molecule has 2 aromatic rings. The average molecular weight is 406 g/mol. The van der Waals surface area contributed by atoms with Gasteiger partial charge in [-0.2, -0.15) is 5.10 Å². The Morgan fingerprint density at radius 3 is 2.61 bits per heavy atom. The van der Waals surface area contributed by atoms with E-state index in [1.165, 1.54) is 11.8 Å². The van der Waals surface area contributed by atoms with E-state index in [-0.39, 0.29) is 35.3 Å². The molecule has 0 aromatic carbocycles. The summed E-state index contributed by atoms with van der Waals surface area (Å²) in [7, 11) is 0. The standard InChI is InChI=1S/C19H27N5O3S/c1-11-8-22(9-12(2)27-11)15(25)6-13-10-28-18-21-16-14(17(26)23(13)18)7-20-24(16)19(3,4)5/h7,11-13H,6,8-10H2,1-5H3. The molecule has 0 aliphatic carbocycles. The second kappa shape index (κ2) is 6.88. The number of hydrogen-bond donors (Lipinski definition) is 0. The highest BCUT2D eigenvalue weighted by Gasteiger charge is 2.33. The van der Waals surface area contributed by atoms with Crippen molar-refractivity contribution in [3.05, 3.63) is 16.6 Å². The van der Waals surface area contributed by atoms with Crippen LogP contribution in [0.15, 0.2) is 16.1 Å². The fraction of sp³-hybridized carbons (Fsp3) is 0.684. The first-order valence-corrected chi connectivity index (χ1v) is 10.7. The van der Waals surface area contributed by atoms with Crippen molar-refractivity contribution in [2.45, 2.75) is 70.0 Å². The van der Waals surface area contributed by atoms with Gasteiger partial charge in [0.1, 0.15) is 5.39 Å². The summed E-state index contributed by atoms with van der Waals surface area (Å²) >= 11 is 1.53. The Labute approximate surface area is 168 Å². The third-order valence-corrected chi connectivity index (χ3v) is 6.29. The normalized spacial score (nSPS) is 25.3. The van der Waals surface area contributed by atoms with Gasteiger partial charge in [-0.15, -0.1) is 0 Å². The number of aromatic nitrogens is 4. The average Bonchev–Trinajstić information content (AvgIpc) is 3.18. The molecule has 8 nitrogen and oxygen atoms in total. The summed E-state index contributed by atoms with van der Waals surface area (Å²) in [5.41, 5.74) is 0.240. The molecule has 3 unspecified atom stereocenters. The number of fused-ring (bicyclic) bond motifs is 2. The third-order valence-electron chi connectivity index (χ3n) is 5.19. The molecule has 2 aliphatic heterocycles. The van der Waals surface area contributed by atoms with Gasteiger partial charge in [0.25, 0.3) is 5.56 Å². The molecule has 2 aromatic heterocycles. The number of morpholine rings is 1. The molecule has 0 radical (unpaired) electrons. The second-order valence-corrected chi connectivity index (χ2v) is 9.75. The molecule has 0 spiro atoms. The summed E-state index contributed by atoms with van der Waals surface area (Å²) in [5, 5.41) is 5.56. The molecule has 9 heteroatoms. The molecule has 152 valence electrons. The predicted molar refractivity (Wildman–Crippen MR) is 108 cm³/mol. The van der Waals surface area contributed by atoms with Crippen molar-refractivity contribution in [3.8, 4) is 0 Å². The minimum Gasteiger partial charge on any atom is -0.372 e. The van der Waals surface area contributed by atoms with Crippen molar-refractivity contribution < 1.29 is 9.53 Å². The zero-order valence-electron chi connectivity index (χ0n) is 17.0. The van der Waals surface area contributed by atoms with Crippen LogP contribution in [-0.2, 0) is 15.1 Å². The Morgan fingerprint density at radius 1 is 1.29 bits per heavy atom.